The monoisotopic (exact) mass is 432 g/mol. The predicted octanol–water partition coefficient (Wildman–Crippen LogP) is 2.29. The highest BCUT2D eigenvalue weighted by atomic mass is 127. The smallest absolute Gasteiger partial charge is 0.191 e. The summed E-state index contributed by atoms with van der Waals surface area (Å²) in [6, 6.07) is 1.89. The van der Waals surface area contributed by atoms with E-state index in [2.05, 4.69) is 37.5 Å². The second-order valence-electron chi connectivity index (χ2n) is 4.45. The fourth-order valence-corrected chi connectivity index (χ4v) is 2.55. The van der Waals surface area contributed by atoms with Crippen molar-refractivity contribution in [3.63, 3.8) is 0 Å². The minimum absolute atomic E-state index is 0. The fourth-order valence-electron chi connectivity index (χ4n) is 1.75. The molecule has 120 valence electrons. The van der Waals surface area contributed by atoms with Crippen LogP contribution >= 0.6 is 35.3 Å². The number of halogens is 1. The van der Waals surface area contributed by atoms with E-state index in [0.29, 0.717) is 13.1 Å². The molecule has 2 N–H and O–H groups in total. The molecule has 2 rings (SSSR count). The van der Waals surface area contributed by atoms with Crippen molar-refractivity contribution in [3.05, 3.63) is 39.9 Å². The van der Waals surface area contributed by atoms with Gasteiger partial charge in [-0.3, -0.25) is 4.99 Å². The molecule has 0 atom stereocenters. The standard InChI is InChI=1S/C14H20N6S.HI/c1-4-12-8-17-13(21-12)9-19-14(15-3)18-7-11-5-6-16-10(2)20-11;/h5-6,8H,4,7,9H2,1-3H3,(H2,15,18,19);1H. The van der Waals surface area contributed by atoms with Gasteiger partial charge in [0.2, 0.25) is 0 Å². The van der Waals surface area contributed by atoms with Crippen molar-refractivity contribution in [2.45, 2.75) is 33.4 Å². The number of guanidine groups is 1. The maximum absolute atomic E-state index is 4.38. The summed E-state index contributed by atoms with van der Waals surface area (Å²) in [5, 5.41) is 7.54. The van der Waals surface area contributed by atoms with E-state index in [4.69, 9.17) is 0 Å². The molecule has 0 fully saturated rings. The molecule has 2 aromatic heterocycles. The Labute approximate surface area is 151 Å². The van der Waals surface area contributed by atoms with Gasteiger partial charge < -0.3 is 10.6 Å². The minimum atomic E-state index is 0. The molecule has 0 radical (unpaired) electrons. The molecule has 0 spiro atoms. The Kier molecular flexibility index (Phi) is 8.25. The summed E-state index contributed by atoms with van der Waals surface area (Å²) in [5.74, 6) is 1.51. The van der Waals surface area contributed by atoms with Gasteiger partial charge in [-0.2, -0.15) is 0 Å². The molecule has 0 amide bonds. The van der Waals surface area contributed by atoms with Gasteiger partial charge in [-0.15, -0.1) is 35.3 Å². The van der Waals surface area contributed by atoms with Gasteiger partial charge >= 0.3 is 0 Å². The molecule has 0 saturated carbocycles. The van der Waals surface area contributed by atoms with Crippen LogP contribution in [0, 0.1) is 6.92 Å². The molecule has 0 aliphatic rings. The van der Waals surface area contributed by atoms with Crippen molar-refractivity contribution >= 4 is 41.3 Å². The molecule has 0 unspecified atom stereocenters. The fraction of sp³-hybridized carbons (Fsp3) is 0.429. The number of rotatable bonds is 5. The molecule has 0 bridgehead atoms. The van der Waals surface area contributed by atoms with Crippen molar-refractivity contribution in [1.29, 1.82) is 0 Å². The quantitative estimate of drug-likeness (QED) is 0.431. The number of aromatic nitrogens is 3. The number of nitrogens with one attached hydrogen (secondary N) is 2. The van der Waals surface area contributed by atoms with E-state index < -0.39 is 0 Å². The highest BCUT2D eigenvalue weighted by Crippen LogP contribution is 2.12. The summed E-state index contributed by atoms with van der Waals surface area (Å²) < 4.78 is 0. The van der Waals surface area contributed by atoms with E-state index in [9.17, 15) is 0 Å². The van der Waals surface area contributed by atoms with Gasteiger partial charge in [0.1, 0.15) is 10.8 Å². The number of hydrogen-bond acceptors (Lipinski definition) is 5. The van der Waals surface area contributed by atoms with Crippen LogP contribution in [0.5, 0.6) is 0 Å². The first-order chi connectivity index (χ1) is 10.2. The summed E-state index contributed by atoms with van der Waals surface area (Å²) in [6.07, 6.45) is 4.72. The average molecular weight is 432 g/mol. The number of nitrogens with zero attached hydrogens (tertiary/aromatic N) is 4. The summed E-state index contributed by atoms with van der Waals surface area (Å²) in [7, 11) is 1.75. The van der Waals surface area contributed by atoms with Gasteiger partial charge in [-0.05, 0) is 19.4 Å². The van der Waals surface area contributed by atoms with Crippen molar-refractivity contribution in [1.82, 2.24) is 25.6 Å². The molecule has 0 aromatic carbocycles. The second-order valence-corrected chi connectivity index (χ2v) is 5.65. The van der Waals surface area contributed by atoms with E-state index >= 15 is 0 Å². The predicted molar refractivity (Wildman–Crippen MR) is 101 cm³/mol. The minimum Gasteiger partial charge on any atom is -0.351 e. The zero-order chi connectivity index (χ0) is 15.1. The zero-order valence-electron chi connectivity index (χ0n) is 13.0. The largest absolute Gasteiger partial charge is 0.351 e. The average Bonchev–Trinajstić information content (AvgIpc) is 2.95. The number of aliphatic imine (C=N–C) groups is 1. The van der Waals surface area contributed by atoms with Crippen molar-refractivity contribution in [2.75, 3.05) is 7.05 Å². The SMILES string of the molecule is CCc1cnc(CNC(=NC)NCc2ccnc(C)n2)s1.I. The van der Waals surface area contributed by atoms with E-state index in [-0.39, 0.29) is 24.0 Å². The Balaban J connectivity index is 0.00000242. The first-order valence-electron chi connectivity index (χ1n) is 6.88. The zero-order valence-corrected chi connectivity index (χ0v) is 16.1. The van der Waals surface area contributed by atoms with Gasteiger partial charge in [0.15, 0.2) is 5.96 Å². The molecule has 8 heteroatoms. The lowest BCUT2D eigenvalue weighted by Crippen LogP contribution is -2.36. The van der Waals surface area contributed by atoms with Crippen molar-refractivity contribution < 1.29 is 0 Å². The summed E-state index contributed by atoms with van der Waals surface area (Å²) in [6.45, 7) is 5.30. The van der Waals surface area contributed by atoms with Crippen LogP contribution in [-0.4, -0.2) is 28.0 Å². The molecule has 0 aliphatic carbocycles. The van der Waals surface area contributed by atoms with Crippen LogP contribution in [0.4, 0.5) is 0 Å². The lowest BCUT2D eigenvalue weighted by atomic mass is 10.4. The van der Waals surface area contributed by atoms with Crippen LogP contribution in [0.15, 0.2) is 23.5 Å². The Hall–Kier alpha value is -1.29. The Morgan fingerprint density at radius 3 is 2.68 bits per heavy atom. The highest BCUT2D eigenvalue weighted by Gasteiger charge is 2.03. The lowest BCUT2D eigenvalue weighted by molar-refractivity contribution is 0.783. The van der Waals surface area contributed by atoms with Crippen molar-refractivity contribution in [3.8, 4) is 0 Å². The van der Waals surface area contributed by atoms with Gasteiger partial charge in [0, 0.05) is 24.3 Å². The molecule has 0 aliphatic heterocycles. The Morgan fingerprint density at radius 2 is 2.05 bits per heavy atom. The van der Waals surface area contributed by atoms with E-state index in [0.717, 1.165) is 28.9 Å². The van der Waals surface area contributed by atoms with Crippen LogP contribution in [0.1, 0.15) is 28.3 Å². The first kappa shape index (κ1) is 18.8. The van der Waals surface area contributed by atoms with Crippen LogP contribution < -0.4 is 10.6 Å². The number of thiazole rings is 1. The van der Waals surface area contributed by atoms with Crippen LogP contribution in [0.2, 0.25) is 0 Å². The lowest BCUT2D eigenvalue weighted by Gasteiger charge is -2.10. The molecular weight excluding hydrogens is 411 g/mol. The van der Waals surface area contributed by atoms with Crippen LogP contribution in [-0.2, 0) is 19.5 Å². The Morgan fingerprint density at radius 1 is 1.27 bits per heavy atom. The molecule has 2 heterocycles. The topological polar surface area (TPSA) is 75.1 Å². The van der Waals surface area contributed by atoms with E-state index in [1.54, 1.807) is 24.6 Å². The third-order valence-corrected chi connectivity index (χ3v) is 3.99. The maximum atomic E-state index is 4.38. The molecule has 6 nitrogen and oxygen atoms in total. The summed E-state index contributed by atoms with van der Waals surface area (Å²) in [5.41, 5.74) is 0.938. The molecule has 22 heavy (non-hydrogen) atoms. The number of hydrogen-bond donors (Lipinski definition) is 2. The normalized spacial score (nSPS) is 11.0. The van der Waals surface area contributed by atoms with Gasteiger partial charge in [-0.25, -0.2) is 15.0 Å². The van der Waals surface area contributed by atoms with Gasteiger partial charge in [0.25, 0.3) is 0 Å². The molecule has 2 aromatic rings. The van der Waals surface area contributed by atoms with Gasteiger partial charge in [0.05, 0.1) is 18.8 Å². The number of aryl methyl sites for hydroxylation is 2. The first-order valence-corrected chi connectivity index (χ1v) is 7.69. The maximum Gasteiger partial charge on any atom is 0.191 e. The third kappa shape index (κ3) is 5.84. The van der Waals surface area contributed by atoms with Gasteiger partial charge in [-0.1, -0.05) is 6.92 Å². The summed E-state index contributed by atoms with van der Waals surface area (Å²) >= 11 is 1.72. The van der Waals surface area contributed by atoms with Crippen LogP contribution in [0.25, 0.3) is 0 Å². The second kappa shape index (κ2) is 9.67. The third-order valence-electron chi connectivity index (χ3n) is 2.85. The molecule has 0 saturated heterocycles. The molecular formula is C14H21IN6S. The summed E-state index contributed by atoms with van der Waals surface area (Å²) in [4.78, 5) is 18.3. The van der Waals surface area contributed by atoms with E-state index in [1.807, 2.05) is 19.2 Å². The highest BCUT2D eigenvalue weighted by molar-refractivity contribution is 14.0. The van der Waals surface area contributed by atoms with Crippen LogP contribution in [0.3, 0.4) is 0 Å². The van der Waals surface area contributed by atoms with E-state index in [1.165, 1.54) is 4.88 Å². The van der Waals surface area contributed by atoms with Crippen molar-refractivity contribution in [2.24, 2.45) is 4.99 Å². The Bertz CT molecular complexity index is 613.